The summed E-state index contributed by atoms with van der Waals surface area (Å²) in [6.45, 7) is 6.74. The number of hydrogen-bond acceptors (Lipinski definition) is 2. The largest absolute Gasteiger partial charge is 0.495 e. The van der Waals surface area contributed by atoms with Gasteiger partial charge in [-0.15, -0.1) is 0 Å². The lowest BCUT2D eigenvalue weighted by Gasteiger charge is -2.32. The minimum atomic E-state index is 0.629. The van der Waals surface area contributed by atoms with Gasteiger partial charge in [0.2, 0.25) is 0 Å². The molecule has 21 heavy (non-hydrogen) atoms. The molecule has 118 valence electrons. The molecule has 0 spiro atoms. The first-order chi connectivity index (χ1) is 10.1. The van der Waals surface area contributed by atoms with Crippen LogP contribution in [0.5, 0.6) is 5.75 Å². The second kappa shape index (κ2) is 8.05. The summed E-state index contributed by atoms with van der Waals surface area (Å²) < 4.78 is 5.38. The van der Waals surface area contributed by atoms with E-state index in [9.17, 15) is 0 Å². The summed E-state index contributed by atoms with van der Waals surface area (Å²) in [6.07, 6.45) is 5.28. The Morgan fingerprint density at radius 1 is 1.29 bits per heavy atom. The number of nitrogens with one attached hydrogen (secondary N) is 1. The molecule has 0 aliphatic heterocycles. The van der Waals surface area contributed by atoms with Crippen molar-refractivity contribution in [3.8, 4) is 5.75 Å². The second-order valence-electron chi connectivity index (χ2n) is 6.60. The standard InChI is InChI=1S/C18H28ClNO/c1-13(2)11-20-12-15-6-4-5-7-16(15)14-8-9-17(19)18(10-14)21-3/h8-10,13,15-16,20H,4-7,11-12H2,1-3H3. The lowest BCUT2D eigenvalue weighted by atomic mass is 9.75. The molecule has 2 atom stereocenters. The molecular weight excluding hydrogens is 282 g/mol. The summed E-state index contributed by atoms with van der Waals surface area (Å²) in [5.41, 5.74) is 1.38. The quantitative estimate of drug-likeness (QED) is 0.809. The van der Waals surface area contributed by atoms with Gasteiger partial charge in [-0.05, 0) is 61.4 Å². The molecule has 0 amide bonds. The highest BCUT2D eigenvalue weighted by Gasteiger charge is 2.26. The van der Waals surface area contributed by atoms with Crippen LogP contribution in [0.4, 0.5) is 0 Å². The Hall–Kier alpha value is -0.730. The van der Waals surface area contributed by atoms with Crippen molar-refractivity contribution >= 4 is 11.6 Å². The van der Waals surface area contributed by atoms with E-state index in [1.807, 2.05) is 6.07 Å². The molecule has 1 aromatic carbocycles. The van der Waals surface area contributed by atoms with Crippen molar-refractivity contribution in [1.29, 1.82) is 0 Å². The van der Waals surface area contributed by atoms with E-state index in [1.54, 1.807) is 7.11 Å². The van der Waals surface area contributed by atoms with E-state index < -0.39 is 0 Å². The van der Waals surface area contributed by atoms with E-state index in [4.69, 9.17) is 16.3 Å². The molecule has 1 saturated carbocycles. The summed E-state index contributed by atoms with van der Waals surface area (Å²) in [4.78, 5) is 0. The molecule has 0 bridgehead atoms. The summed E-state index contributed by atoms with van der Waals surface area (Å²) in [7, 11) is 1.69. The number of ether oxygens (including phenoxy) is 1. The average Bonchev–Trinajstić information content (AvgIpc) is 2.48. The third kappa shape index (κ3) is 4.62. The van der Waals surface area contributed by atoms with Crippen LogP contribution < -0.4 is 10.1 Å². The first-order valence-corrected chi connectivity index (χ1v) is 8.53. The Labute approximate surface area is 134 Å². The Kier molecular flexibility index (Phi) is 6.38. The van der Waals surface area contributed by atoms with Gasteiger partial charge in [0, 0.05) is 0 Å². The Morgan fingerprint density at radius 3 is 2.76 bits per heavy atom. The van der Waals surface area contributed by atoms with Crippen molar-refractivity contribution in [2.75, 3.05) is 20.2 Å². The van der Waals surface area contributed by atoms with E-state index in [-0.39, 0.29) is 0 Å². The lowest BCUT2D eigenvalue weighted by Crippen LogP contribution is -2.31. The molecule has 1 N–H and O–H groups in total. The third-order valence-corrected chi connectivity index (χ3v) is 4.78. The van der Waals surface area contributed by atoms with Gasteiger partial charge >= 0.3 is 0 Å². The van der Waals surface area contributed by atoms with Gasteiger partial charge in [-0.2, -0.15) is 0 Å². The van der Waals surface area contributed by atoms with Crippen LogP contribution in [0.3, 0.4) is 0 Å². The van der Waals surface area contributed by atoms with Crippen molar-refractivity contribution in [2.45, 2.75) is 45.4 Å². The maximum Gasteiger partial charge on any atom is 0.137 e. The summed E-state index contributed by atoms with van der Waals surface area (Å²) >= 11 is 6.15. The molecule has 1 aliphatic carbocycles. The molecule has 3 heteroatoms. The maximum absolute atomic E-state index is 6.15. The fourth-order valence-electron chi connectivity index (χ4n) is 3.36. The van der Waals surface area contributed by atoms with Crippen molar-refractivity contribution in [3.05, 3.63) is 28.8 Å². The SMILES string of the molecule is COc1cc(C2CCCCC2CNCC(C)C)ccc1Cl. The van der Waals surface area contributed by atoms with Crippen molar-refractivity contribution in [2.24, 2.45) is 11.8 Å². The van der Waals surface area contributed by atoms with Gasteiger partial charge in [0.25, 0.3) is 0 Å². The molecule has 0 saturated heterocycles. The van der Waals surface area contributed by atoms with Crippen molar-refractivity contribution < 1.29 is 4.74 Å². The Balaban J connectivity index is 2.07. The number of benzene rings is 1. The van der Waals surface area contributed by atoms with E-state index in [0.717, 1.165) is 24.8 Å². The number of hydrogen-bond donors (Lipinski definition) is 1. The summed E-state index contributed by atoms with van der Waals surface area (Å²) in [5, 5.41) is 4.34. The van der Waals surface area contributed by atoms with Crippen LogP contribution >= 0.6 is 11.6 Å². The maximum atomic E-state index is 6.15. The zero-order chi connectivity index (χ0) is 15.2. The Bertz CT molecular complexity index is 447. The van der Waals surface area contributed by atoms with Crippen LogP contribution in [0.15, 0.2) is 18.2 Å². The van der Waals surface area contributed by atoms with E-state index in [0.29, 0.717) is 16.9 Å². The van der Waals surface area contributed by atoms with Crippen LogP contribution in [0.25, 0.3) is 0 Å². The topological polar surface area (TPSA) is 21.3 Å². The molecule has 1 aromatic rings. The summed E-state index contributed by atoms with van der Waals surface area (Å²) in [5.74, 6) is 2.87. The predicted octanol–water partition coefficient (Wildman–Crippen LogP) is 4.87. The van der Waals surface area contributed by atoms with Gasteiger partial charge in [0.15, 0.2) is 0 Å². The minimum Gasteiger partial charge on any atom is -0.495 e. The van der Waals surface area contributed by atoms with Gasteiger partial charge in [-0.1, -0.05) is 44.4 Å². The molecule has 2 rings (SSSR count). The smallest absolute Gasteiger partial charge is 0.137 e. The van der Waals surface area contributed by atoms with Gasteiger partial charge in [0.05, 0.1) is 12.1 Å². The third-order valence-electron chi connectivity index (χ3n) is 4.47. The fourth-order valence-corrected chi connectivity index (χ4v) is 3.55. The molecule has 0 radical (unpaired) electrons. The van der Waals surface area contributed by atoms with E-state index in [2.05, 4.69) is 31.3 Å². The Morgan fingerprint density at radius 2 is 2.05 bits per heavy atom. The highest BCUT2D eigenvalue weighted by Crippen LogP contribution is 2.39. The zero-order valence-electron chi connectivity index (χ0n) is 13.5. The molecule has 1 aliphatic rings. The van der Waals surface area contributed by atoms with E-state index >= 15 is 0 Å². The molecule has 0 heterocycles. The predicted molar refractivity (Wildman–Crippen MR) is 90.4 cm³/mol. The lowest BCUT2D eigenvalue weighted by molar-refractivity contribution is 0.291. The number of halogens is 1. The highest BCUT2D eigenvalue weighted by molar-refractivity contribution is 6.32. The van der Waals surface area contributed by atoms with Crippen molar-refractivity contribution in [3.63, 3.8) is 0 Å². The average molecular weight is 310 g/mol. The molecule has 1 fully saturated rings. The molecular formula is C18H28ClNO. The molecule has 2 unspecified atom stereocenters. The number of methoxy groups -OCH3 is 1. The first-order valence-electron chi connectivity index (χ1n) is 8.16. The minimum absolute atomic E-state index is 0.629. The monoisotopic (exact) mass is 309 g/mol. The van der Waals surface area contributed by atoms with Crippen LogP contribution in [0, 0.1) is 11.8 Å². The van der Waals surface area contributed by atoms with Crippen LogP contribution in [-0.2, 0) is 0 Å². The van der Waals surface area contributed by atoms with Gasteiger partial charge in [0.1, 0.15) is 5.75 Å². The second-order valence-corrected chi connectivity index (χ2v) is 7.00. The number of rotatable bonds is 6. The van der Waals surface area contributed by atoms with Crippen LogP contribution in [0.2, 0.25) is 5.02 Å². The van der Waals surface area contributed by atoms with Gasteiger partial charge in [-0.3, -0.25) is 0 Å². The van der Waals surface area contributed by atoms with Gasteiger partial charge < -0.3 is 10.1 Å². The molecule has 0 aromatic heterocycles. The first kappa shape index (κ1) is 16.6. The zero-order valence-corrected chi connectivity index (χ0v) is 14.2. The molecule has 2 nitrogen and oxygen atoms in total. The van der Waals surface area contributed by atoms with Crippen LogP contribution in [0.1, 0.15) is 51.0 Å². The van der Waals surface area contributed by atoms with Crippen molar-refractivity contribution in [1.82, 2.24) is 5.32 Å². The summed E-state index contributed by atoms with van der Waals surface area (Å²) in [6, 6.07) is 6.28. The highest BCUT2D eigenvalue weighted by atomic mass is 35.5. The van der Waals surface area contributed by atoms with Gasteiger partial charge in [-0.25, -0.2) is 0 Å². The normalized spacial score (nSPS) is 22.5. The van der Waals surface area contributed by atoms with E-state index in [1.165, 1.54) is 31.2 Å². The van der Waals surface area contributed by atoms with Crippen LogP contribution in [-0.4, -0.2) is 20.2 Å². The fraction of sp³-hybridized carbons (Fsp3) is 0.667.